The number of sulfonamides is 2. The Hall–Kier alpha value is -2.43. The van der Waals surface area contributed by atoms with E-state index in [0.717, 1.165) is 6.26 Å². The highest BCUT2D eigenvalue weighted by Gasteiger charge is 2.30. The Morgan fingerprint density at radius 3 is 2.24 bits per heavy atom. The van der Waals surface area contributed by atoms with Crippen molar-refractivity contribution in [1.82, 2.24) is 4.31 Å². The molecule has 1 aliphatic rings. The number of carbonyl (C=O) groups is 1. The highest BCUT2D eigenvalue weighted by molar-refractivity contribution is 7.92. The van der Waals surface area contributed by atoms with E-state index in [1.807, 2.05) is 0 Å². The third kappa shape index (κ3) is 5.55. The van der Waals surface area contributed by atoms with Crippen LogP contribution in [0.25, 0.3) is 0 Å². The summed E-state index contributed by atoms with van der Waals surface area (Å²) in [5.41, 5.74) is 0.905. The van der Waals surface area contributed by atoms with Crippen LogP contribution in [0.5, 0.6) is 0 Å². The highest BCUT2D eigenvalue weighted by Crippen LogP contribution is 2.22. The molecule has 10 heteroatoms. The lowest BCUT2D eigenvalue weighted by atomic mass is 9.99. The molecule has 1 aliphatic heterocycles. The van der Waals surface area contributed by atoms with Crippen LogP contribution in [0.4, 0.5) is 11.4 Å². The Morgan fingerprint density at radius 1 is 0.966 bits per heavy atom. The zero-order valence-electron chi connectivity index (χ0n) is 15.9. The number of nitrogens with zero attached hydrogens (tertiary/aromatic N) is 1. The van der Waals surface area contributed by atoms with Crippen molar-refractivity contribution in [1.29, 1.82) is 0 Å². The van der Waals surface area contributed by atoms with Crippen LogP contribution in [0.3, 0.4) is 0 Å². The number of para-hydroxylation sites is 1. The molecule has 2 aromatic rings. The predicted octanol–water partition coefficient (Wildman–Crippen LogP) is 2.10. The van der Waals surface area contributed by atoms with Gasteiger partial charge in [-0.15, -0.1) is 0 Å². The first kappa shape index (κ1) is 21.3. The Kier molecular flexibility index (Phi) is 6.25. The summed E-state index contributed by atoms with van der Waals surface area (Å²) in [6.45, 7) is 0.571. The maximum atomic E-state index is 12.5. The Bertz CT molecular complexity index is 1070. The molecule has 0 aromatic heterocycles. The van der Waals surface area contributed by atoms with E-state index >= 15 is 0 Å². The first-order valence-corrected chi connectivity index (χ1v) is 12.4. The largest absolute Gasteiger partial charge is 0.326 e. The van der Waals surface area contributed by atoms with Crippen molar-refractivity contribution in [3.63, 3.8) is 0 Å². The number of anilines is 2. The molecular weight excluding hydrogens is 414 g/mol. The van der Waals surface area contributed by atoms with Gasteiger partial charge in [0.05, 0.1) is 17.1 Å². The Morgan fingerprint density at radius 2 is 1.62 bits per heavy atom. The van der Waals surface area contributed by atoms with Gasteiger partial charge in [-0.05, 0) is 49.2 Å². The van der Waals surface area contributed by atoms with Gasteiger partial charge < -0.3 is 5.32 Å². The van der Waals surface area contributed by atoms with Gasteiger partial charge in [-0.2, -0.15) is 0 Å². The van der Waals surface area contributed by atoms with Gasteiger partial charge in [0.15, 0.2) is 0 Å². The van der Waals surface area contributed by atoms with Gasteiger partial charge in [0.25, 0.3) is 10.0 Å². The SMILES string of the molecule is CS(=O)(=O)N1CCCC(C(=O)Nc2ccc(S(=O)(=O)Nc3ccccc3)cc2)C1. The topological polar surface area (TPSA) is 113 Å². The number of amides is 1. The molecule has 1 heterocycles. The van der Waals surface area contributed by atoms with Gasteiger partial charge in [0.1, 0.15) is 0 Å². The lowest BCUT2D eigenvalue weighted by molar-refractivity contribution is -0.120. The molecule has 29 heavy (non-hydrogen) atoms. The molecular formula is C19H23N3O5S2. The van der Waals surface area contributed by atoms with E-state index in [1.54, 1.807) is 30.3 Å². The molecule has 0 aliphatic carbocycles. The number of piperidine rings is 1. The molecule has 8 nitrogen and oxygen atoms in total. The summed E-state index contributed by atoms with van der Waals surface area (Å²) >= 11 is 0. The zero-order chi connectivity index (χ0) is 21.1. The van der Waals surface area contributed by atoms with Crippen LogP contribution in [0, 0.1) is 5.92 Å². The molecule has 0 radical (unpaired) electrons. The van der Waals surface area contributed by atoms with Gasteiger partial charge in [-0.3, -0.25) is 9.52 Å². The van der Waals surface area contributed by atoms with Gasteiger partial charge in [0, 0.05) is 24.5 Å². The van der Waals surface area contributed by atoms with E-state index in [9.17, 15) is 21.6 Å². The molecule has 1 unspecified atom stereocenters. The van der Waals surface area contributed by atoms with E-state index in [2.05, 4.69) is 10.0 Å². The first-order valence-electron chi connectivity index (χ1n) is 9.09. The summed E-state index contributed by atoms with van der Waals surface area (Å²) in [5.74, 6) is -0.724. The van der Waals surface area contributed by atoms with Crippen LogP contribution >= 0.6 is 0 Å². The molecule has 2 aromatic carbocycles. The van der Waals surface area contributed by atoms with E-state index in [1.165, 1.54) is 28.6 Å². The molecule has 1 fully saturated rings. The normalized spacial score (nSPS) is 18.2. The van der Waals surface area contributed by atoms with Crippen molar-refractivity contribution in [2.75, 3.05) is 29.4 Å². The summed E-state index contributed by atoms with van der Waals surface area (Å²) < 4.78 is 52.1. The second kappa shape index (κ2) is 8.52. The molecule has 3 rings (SSSR count). The minimum absolute atomic E-state index is 0.0697. The van der Waals surface area contributed by atoms with Crippen LogP contribution in [0.1, 0.15) is 12.8 Å². The number of carbonyl (C=O) groups excluding carboxylic acids is 1. The summed E-state index contributed by atoms with van der Waals surface area (Å²) in [7, 11) is -7.07. The molecule has 2 N–H and O–H groups in total. The molecule has 0 bridgehead atoms. The average Bonchev–Trinajstić information content (AvgIpc) is 2.68. The lowest BCUT2D eigenvalue weighted by Gasteiger charge is -2.30. The summed E-state index contributed by atoms with van der Waals surface area (Å²) in [4.78, 5) is 12.6. The predicted molar refractivity (Wildman–Crippen MR) is 111 cm³/mol. The van der Waals surface area contributed by atoms with Gasteiger partial charge in [0.2, 0.25) is 15.9 Å². The molecule has 1 saturated heterocycles. The third-order valence-electron chi connectivity index (χ3n) is 4.68. The number of benzene rings is 2. The van der Waals surface area contributed by atoms with Crippen LogP contribution in [-0.2, 0) is 24.8 Å². The third-order valence-corrected chi connectivity index (χ3v) is 7.35. The highest BCUT2D eigenvalue weighted by atomic mass is 32.2. The lowest BCUT2D eigenvalue weighted by Crippen LogP contribution is -2.43. The number of nitrogens with one attached hydrogen (secondary N) is 2. The van der Waals surface area contributed by atoms with Crippen LogP contribution < -0.4 is 10.0 Å². The number of hydrogen-bond donors (Lipinski definition) is 2. The maximum absolute atomic E-state index is 12.5. The van der Waals surface area contributed by atoms with E-state index in [0.29, 0.717) is 30.8 Å². The fraction of sp³-hybridized carbons (Fsp3) is 0.316. The van der Waals surface area contributed by atoms with Crippen molar-refractivity contribution in [2.24, 2.45) is 5.92 Å². The van der Waals surface area contributed by atoms with Crippen molar-refractivity contribution >= 4 is 37.3 Å². The summed E-state index contributed by atoms with van der Waals surface area (Å²) in [6.07, 6.45) is 2.36. The zero-order valence-corrected chi connectivity index (χ0v) is 17.5. The van der Waals surface area contributed by atoms with Crippen LogP contribution in [0.2, 0.25) is 0 Å². The van der Waals surface area contributed by atoms with Gasteiger partial charge in [-0.25, -0.2) is 21.1 Å². The van der Waals surface area contributed by atoms with E-state index in [4.69, 9.17) is 0 Å². The van der Waals surface area contributed by atoms with Crippen LogP contribution in [-0.4, -0.2) is 46.4 Å². The van der Waals surface area contributed by atoms with Crippen molar-refractivity contribution < 1.29 is 21.6 Å². The Labute approximate surface area is 171 Å². The van der Waals surface area contributed by atoms with E-state index < -0.39 is 26.0 Å². The minimum atomic E-state index is -3.74. The summed E-state index contributed by atoms with van der Waals surface area (Å²) in [6, 6.07) is 14.4. The maximum Gasteiger partial charge on any atom is 0.261 e. The number of rotatable bonds is 6. The first-order chi connectivity index (χ1) is 13.6. The van der Waals surface area contributed by atoms with Crippen LogP contribution in [0.15, 0.2) is 59.5 Å². The van der Waals surface area contributed by atoms with Gasteiger partial charge in [-0.1, -0.05) is 18.2 Å². The fourth-order valence-corrected chi connectivity index (χ4v) is 5.11. The molecule has 0 saturated carbocycles. The van der Waals surface area contributed by atoms with Crippen molar-refractivity contribution in [3.8, 4) is 0 Å². The monoisotopic (exact) mass is 437 g/mol. The van der Waals surface area contributed by atoms with Crippen molar-refractivity contribution in [2.45, 2.75) is 17.7 Å². The quantitative estimate of drug-likeness (QED) is 0.719. The smallest absolute Gasteiger partial charge is 0.261 e. The molecule has 156 valence electrons. The second-order valence-electron chi connectivity index (χ2n) is 6.95. The molecule has 1 amide bonds. The summed E-state index contributed by atoms with van der Waals surface area (Å²) in [5, 5.41) is 2.74. The number of hydrogen-bond acceptors (Lipinski definition) is 5. The molecule has 0 spiro atoms. The minimum Gasteiger partial charge on any atom is -0.326 e. The standard InChI is InChI=1S/C19H23N3O5S2/c1-28(24,25)22-13-5-6-15(14-22)19(23)20-16-9-11-18(12-10-16)29(26,27)21-17-7-3-2-4-8-17/h2-4,7-12,15,21H,5-6,13-14H2,1H3,(H,20,23). The fourth-order valence-electron chi connectivity index (χ4n) is 3.14. The molecule has 1 atom stereocenters. The van der Waals surface area contributed by atoms with Gasteiger partial charge >= 0.3 is 0 Å². The van der Waals surface area contributed by atoms with Crippen molar-refractivity contribution in [3.05, 3.63) is 54.6 Å². The second-order valence-corrected chi connectivity index (χ2v) is 10.6. The van der Waals surface area contributed by atoms with E-state index in [-0.39, 0.29) is 17.3 Å². The Balaban J connectivity index is 1.65. The average molecular weight is 438 g/mol.